The van der Waals surface area contributed by atoms with Crippen molar-refractivity contribution in [3.8, 4) is 0 Å². The van der Waals surface area contributed by atoms with Crippen molar-refractivity contribution in [1.82, 2.24) is 9.88 Å². The highest BCUT2D eigenvalue weighted by molar-refractivity contribution is 5.94. The number of carbonyl (C=O) groups excluding carboxylic acids is 1. The third-order valence-electron chi connectivity index (χ3n) is 8.03. The molecule has 1 unspecified atom stereocenters. The number of pyridine rings is 1. The number of anilines is 1. The number of likely N-dealkylation sites (tertiary alicyclic amines) is 1. The highest BCUT2D eigenvalue weighted by Crippen LogP contribution is 2.47. The van der Waals surface area contributed by atoms with E-state index in [1.807, 2.05) is 0 Å². The highest BCUT2D eigenvalue weighted by atomic mass is 19.4. The summed E-state index contributed by atoms with van der Waals surface area (Å²) in [6, 6.07) is 6.14. The minimum Gasteiger partial charge on any atom is -0.370 e. The van der Waals surface area contributed by atoms with Crippen LogP contribution in [0.2, 0.25) is 0 Å². The Morgan fingerprint density at radius 1 is 1.06 bits per heavy atom. The van der Waals surface area contributed by atoms with Crippen LogP contribution in [0.5, 0.6) is 0 Å². The van der Waals surface area contributed by atoms with E-state index in [2.05, 4.69) is 28.8 Å². The summed E-state index contributed by atoms with van der Waals surface area (Å²) < 4.78 is 40.5. The lowest BCUT2D eigenvalue weighted by molar-refractivity contribution is -0.136. The standard InChI is InChI=1S/C26H32F3N3O/c1-16-8-17(9-20(33)11-22-18-10-19(22)15-31(2)14-18)13-32(12-16)24-6-5-23(26(27,28)29)25-21(24)4-3-7-30-25/h3-7,16-19,22H,8-15H2,1-2H3/t16-,17-,18-,19+,22?/m0/s1. The van der Waals surface area contributed by atoms with Crippen molar-refractivity contribution in [1.29, 1.82) is 0 Å². The molecule has 0 spiro atoms. The minimum absolute atomic E-state index is 0.00477. The Morgan fingerprint density at radius 3 is 2.55 bits per heavy atom. The van der Waals surface area contributed by atoms with Crippen molar-refractivity contribution in [3.63, 3.8) is 0 Å². The van der Waals surface area contributed by atoms with Crippen molar-refractivity contribution < 1.29 is 18.0 Å². The third-order valence-corrected chi connectivity index (χ3v) is 8.03. The molecule has 2 saturated heterocycles. The Balaban J connectivity index is 1.30. The van der Waals surface area contributed by atoms with Gasteiger partial charge in [-0.25, -0.2) is 0 Å². The maximum atomic E-state index is 13.5. The number of hydrogen-bond donors (Lipinski definition) is 0. The summed E-state index contributed by atoms with van der Waals surface area (Å²) in [7, 11) is 2.16. The van der Waals surface area contributed by atoms with Crippen molar-refractivity contribution >= 4 is 22.4 Å². The number of aromatic nitrogens is 1. The quantitative estimate of drug-likeness (QED) is 0.611. The van der Waals surface area contributed by atoms with E-state index in [4.69, 9.17) is 0 Å². The average Bonchev–Trinajstić information content (AvgIpc) is 2.75. The van der Waals surface area contributed by atoms with E-state index >= 15 is 0 Å². The molecule has 1 aromatic carbocycles. The number of hydrogen-bond acceptors (Lipinski definition) is 4. The predicted molar refractivity (Wildman–Crippen MR) is 123 cm³/mol. The van der Waals surface area contributed by atoms with Gasteiger partial charge in [-0.3, -0.25) is 9.78 Å². The number of carbonyl (C=O) groups is 1. The minimum atomic E-state index is -4.44. The van der Waals surface area contributed by atoms with E-state index in [1.165, 1.54) is 12.6 Å². The van der Waals surface area contributed by atoms with Gasteiger partial charge in [0.1, 0.15) is 5.78 Å². The molecule has 178 valence electrons. The van der Waals surface area contributed by atoms with E-state index in [-0.39, 0.29) is 11.4 Å². The van der Waals surface area contributed by atoms with Crippen molar-refractivity contribution in [2.24, 2.45) is 29.6 Å². The van der Waals surface area contributed by atoms with Gasteiger partial charge in [-0.15, -0.1) is 0 Å². The number of ketones is 1. The summed E-state index contributed by atoms with van der Waals surface area (Å²) in [6.45, 7) is 5.86. The first-order chi connectivity index (χ1) is 15.7. The molecular formula is C26H32F3N3O. The molecule has 1 saturated carbocycles. The maximum absolute atomic E-state index is 13.5. The molecule has 1 aromatic heterocycles. The third kappa shape index (κ3) is 4.48. The van der Waals surface area contributed by atoms with Crippen LogP contribution in [0.25, 0.3) is 10.9 Å². The van der Waals surface area contributed by atoms with Gasteiger partial charge in [0.25, 0.3) is 0 Å². The van der Waals surface area contributed by atoms with Gasteiger partial charge in [0.15, 0.2) is 0 Å². The number of halogens is 3. The van der Waals surface area contributed by atoms with E-state index in [0.29, 0.717) is 54.2 Å². The first-order valence-corrected chi connectivity index (χ1v) is 12.1. The van der Waals surface area contributed by atoms with Crippen LogP contribution in [0, 0.1) is 29.6 Å². The summed E-state index contributed by atoms with van der Waals surface area (Å²) in [5, 5.41) is 0.526. The van der Waals surface area contributed by atoms with Gasteiger partial charge in [0, 0.05) is 56.3 Å². The van der Waals surface area contributed by atoms with E-state index in [1.54, 1.807) is 18.2 Å². The van der Waals surface area contributed by atoms with E-state index < -0.39 is 11.7 Å². The molecule has 5 atom stereocenters. The van der Waals surface area contributed by atoms with Crippen molar-refractivity contribution in [2.75, 3.05) is 38.1 Å². The summed E-state index contributed by atoms with van der Waals surface area (Å²) in [6.07, 6.45) is 0.495. The first kappa shape index (κ1) is 22.6. The zero-order valence-corrected chi connectivity index (χ0v) is 19.3. The van der Waals surface area contributed by atoms with Gasteiger partial charge in [-0.2, -0.15) is 13.2 Å². The van der Waals surface area contributed by atoms with Gasteiger partial charge in [-0.1, -0.05) is 6.92 Å². The first-order valence-electron chi connectivity index (χ1n) is 12.1. The van der Waals surface area contributed by atoms with Gasteiger partial charge < -0.3 is 9.80 Å². The van der Waals surface area contributed by atoms with Gasteiger partial charge in [0.05, 0.1) is 11.1 Å². The normalized spacial score (nSPS) is 30.3. The number of benzene rings is 1. The molecule has 0 amide bonds. The lowest BCUT2D eigenvalue weighted by Crippen LogP contribution is -2.54. The Morgan fingerprint density at radius 2 is 1.82 bits per heavy atom. The lowest BCUT2D eigenvalue weighted by atomic mass is 9.60. The number of fused-ring (bicyclic) bond motifs is 3. The molecule has 1 aliphatic carbocycles. The van der Waals surface area contributed by atoms with Crippen LogP contribution < -0.4 is 4.90 Å². The molecule has 0 N–H and O–H groups in total. The topological polar surface area (TPSA) is 36.4 Å². The predicted octanol–water partition coefficient (Wildman–Crippen LogP) is 5.26. The Bertz CT molecular complexity index is 1030. The second-order valence-corrected chi connectivity index (χ2v) is 10.7. The SMILES string of the molecule is C[C@H]1C[C@@H](CC(=O)CC2[C@@H]3C[C@H]2CN(C)C3)CN(c2ccc(C(F)(F)F)c3ncccc23)C1. The Kier molecular flexibility index (Phi) is 5.88. The number of Topliss-reactive ketones (excluding diaryl/α,β-unsaturated/α-hetero) is 1. The zero-order valence-electron chi connectivity index (χ0n) is 19.3. The van der Waals surface area contributed by atoms with Crippen LogP contribution in [0.15, 0.2) is 30.5 Å². The monoisotopic (exact) mass is 459 g/mol. The molecule has 4 nitrogen and oxygen atoms in total. The molecule has 2 aromatic rings. The molecule has 3 heterocycles. The summed E-state index contributed by atoms with van der Waals surface area (Å²) in [5.74, 6) is 2.86. The molecule has 3 aliphatic rings. The molecule has 7 heteroatoms. The summed E-state index contributed by atoms with van der Waals surface area (Å²) >= 11 is 0. The number of alkyl halides is 3. The summed E-state index contributed by atoms with van der Waals surface area (Å²) in [4.78, 5) is 21.6. The van der Waals surface area contributed by atoms with Crippen molar-refractivity contribution in [2.45, 2.75) is 38.8 Å². The number of piperidine rings is 3. The van der Waals surface area contributed by atoms with E-state index in [9.17, 15) is 18.0 Å². The van der Waals surface area contributed by atoms with E-state index in [0.717, 1.165) is 37.8 Å². The molecule has 5 rings (SSSR count). The highest BCUT2D eigenvalue weighted by Gasteiger charge is 2.46. The average molecular weight is 460 g/mol. The lowest BCUT2D eigenvalue weighted by Gasteiger charge is -2.53. The summed E-state index contributed by atoms with van der Waals surface area (Å²) in [5.41, 5.74) is 0.0804. The molecule has 3 fully saturated rings. The molecule has 0 radical (unpaired) electrons. The smallest absolute Gasteiger partial charge is 0.370 e. The van der Waals surface area contributed by atoms with Crippen LogP contribution in [-0.2, 0) is 11.0 Å². The second-order valence-electron chi connectivity index (χ2n) is 10.7. The molecule has 2 bridgehead atoms. The van der Waals surface area contributed by atoms with Crippen LogP contribution in [-0.4, -0.2) is 48.9 Å². The van der Waals surface area contributed by atoms with Crippen molar-refractivity contribution in [3.05, 3.63) is 36.0 Å². The van der Waals surface area contributed by atoms with Gasteiger partial charge in [0.2, 0.25) is 0 Å². The fourth-order valence-electron chi connectivity index (χ4n) is 6.71. The van der Waals surface area contributed by atoms with Crippen LogP contribution in [0.1, 0.15) is 38.2 Å². The van der Waals surface area contributed by atoms with Gasteiger partial charge >= 0.3 is 6.18 Å². The van der Waals surface area contributed by atoms with Crippen LogP contribution >= 0.6 is 0 Å². The molecule has 33 heavy (non-hydrogen) atoms. The fraction of sp³-hybridized carbons (Fsp3) is 0.615. The van der Waals surface area contributed by atoms with Crippen LogP contribution in [0.3, 0.4) is 0 Å². The molecular weight excluding hydrogens is 427 g/mol. The molecule has 2 aliphatic heterocycles. The number of nitrogens with zero attached hydrogens (tertiary/aromatic N) is 3. The van der Waals surface area contributed by atoms with Gasteiger partial charge in [-0.05, 0) is 73.7 Å². The Labute approximate surface area is 193 Å². The zero-order chi connectivity index (χ0) is 23.3. The fourth-order valence-corrected chi connectivity index (χ4v) is 6.71. The van der Waals surface area contributed by atoms with Crippen LogP contribution in [0.4, 0.5) is 18.9 Å². The Hall–Kier alpha value is -2.15. The number of rotatable bonds is 5. The maximum Gasteiger partial charge on any atom is 0.418 e. The largest absolute Gasteiger partial charge is 0.418 e. The second kappa shape index (κ2) is 8.57.